The molecule has 15 heavy (non-hydrogen) atoms. The number of benzene rings is 1. The third-order valence-electron chi connectivity index (χ3n) is 1.87. The normalized spacial score (nSPS) is 9.67. The van der Waals surface area contributed by atoms with Gasteiger partial charge in [-0.3, -0.25) is 14.9 Å². The van der Waals surface area contributed by atoms with Crippen molar-refractivity contribution in [3.05, 3.63) is 38.9 Å². The van der Waals surface area contributed by atoms with Crippen molar-refractivity contribution in [1.82, 2.24) is 0 Å². The number of hydrogen-bond acceptors (Lipinski definition) is 4. The smallest absolute Gasteiger partial charge is 0.342 e. The molecular weight excluding hydrogens is 202 g/mol. The minimum Gasteiger partial charge on any atom is -0.477 e. The molecule has 1 aromatic carbocycles. The lowest BCUT2D eigenvalue weighted by atomic mass is 10.0. The monoisotopic (exact) mass is 209 g/mol. The number of carbonyl (C=O) groups is 2. The number of hydrogen-bond donors (Lipinski definition) is 1. The number of carboxylic acids is 1. The Morgan fingerprint density at radius 1 is 1.53 bits per heavy atom. The topological polar surface area (TPSA) is 97.5 Å². The van der Waals surface area contributed by atoms with Gasteiger partial charge in [0.05, 0.1) is 4.92 Å². The van der Waals surface area contributed by atoms with E-state index in [0.29, 0.717) is 6.29 Å². The molecule has 6 heteroatoms. The summed E-state index contributed by atoms with van der Waals surface area (Å²) in [4.78, 5) is 31.0. The van der Waals surface area contributed by atoms with Crippen molar-refractivity contribution >= 4 is 17.9 Å². The zero-order chi connectivity index (χ0) is 11.6. The molecule has 0 aliphatic heterocycles. The average Bonchev–Trinajstić information content (AvgIpc) is 2.15. The van der Waals surface area contributed by atoms with Crippen LogP contribution < -0.4 is 0 Å². The highest BCUT2D eigenvalue weighted by Gasteiger charge is 2.23. The Bertz CT molecular complexity index is 452. The van der Waals surface area contributed by atoms with Crippen molar-refractivity contribution in [2.75, 3.05) is 0 Å². The van der Waals surface area contributed by atoms with E-state index in [1.807, 2.05) is 0 Å². The molecule has 0 bridgehead atoms. The highest BCUT2D eigenvalue weighted by molar-refractivity contribution is 5.95. The Kier molecular flexibility index (Phi) is 2.80. The Balaban J connectivity index is 3.56. The van der Waals surface area contributed by atoms with Gasteiger partial charge in [-0.1, -0.05) is 0 Å². The van der Waals surface area contributed by atoms with Gasteiger partial charge >= 0.3 is 5.97 Å². The van der Waals surface area contributed by atoms with Crippen LogP contribution in [0.3, 0.4) is 0 Å². The van der Waals surface area contributed by atoms with Crippen molar-refractivity contribution in [1.29, 1.82) is 0 Å². The lowest BCUT2D eigenvalue weighted by molar-refractivity contribution is -0.385. The zero-order valence-corrected chi connectivity index (χ0v) is 7.76. The summed E-state index contributed by atoms with van der Waals surface area (Å²) in [5.74, 6) is -1.42. The van der Waals surface area contributed by atoms with Crippen LogP contribution in [-0.2, 0) is 0 Å². The molecule has 1 N–H and O–H groups in total. The summed E-state index contributed by atoms with van der Waals surface area (Å²) < 4.78 is 0. The van der Waals surface area contributed by atoms with E-state index in [-0.39, 0.29) is 11.1 Å². The van der Waals surface area contributed by atoms with Gasteiger partial charge in [-0.25, -0.2) is 4.79 Å². The average molecular weight is 209 g/mol. The molecule has 0 radical (unpaired) electrons. The summed E-state index contributed by atoms with van der Waals surface area (Å²) in [5, 5.41) is 19.3. The summed E-state index contributed by atoms with van der Waals surface area (Å²) >= 11 is 0. The summed E-state index contributed by atoms with van der Waals surface area (Å²) in [7, 11) is 0. The first-order chi connectivity index (χ1) is 6.97. The molecule has 0 aliphatic carbocycles. The van der Waals surface area contributed by atoms with Crippen LogP contribution in [0.2, 0.25) is 0 Å². The fraction of sp³-hybridized carbons (Fsp3) is 0.111. The van der Waals surface area contributed by atoms with E-state index in [1.54, 1.807) is 0 Å². The van der Waals surface area contributed by atoms with E-state index >= 15 is 0 Å². The number of aryl methyl sites for hydroxylation is 1. The van der Waals surface area contributed by atoms with Crippen LogP contribution in [0, 0.1) is 17.0 Å². The predicted molar refractivity (Wildman–Crippen MR) is 50.2 cm³/mol. The first-order valence-electron chi connectivity index (χ1n) is 3.95. The van der Waals surface area contributed by atoms with Crippen molar-refractivity contribution in [2.45, 2.75) is 6.92 Å². The van der Waals surface area contributed by atoms with Gasteiger partial charge in [-0.05, 0) is 19.1 Å². The molecule has 0 aromatic heterocycles. The SMILES string of the molecule is Cc1cc(C=O)cc(C(=O)O)c1[N+](=O)[O-]. The molecule has 0 amide bonds. The van der Waals surface area contributed by atoms with Crippen LogP contribution in [0.25, 0.3) is 0 Å². The molecule has 78 valence electrons. The van der Waals surface area contributed by atoms with E-state index in [0.717, 1.165) is 6.07 Å². The first-order valence-corrected chi connectivity index (χ1v) is 3.95. The Morgan fingerprint density at radius 2 is 2.13 bits per heavy atom. The fourth-order valence-corrected chi connectivity index (χ4v) is 1.28. The van der Waals surface area contributed by atoms with Crippen LogP contribution in [-0.4, -0.2) is 22.3 Å². The first kappa shape index (κ1) is 10.8. The number of nitro benzene ring substituents is 1. The number of aromatic carboxylic acids is 1. The maximum atomic E-state index is 10.7. The third kappa shape index (κ3) is 1.98. The minimum absolute atomic E-state index is 0.107. The minimum atomic E-state index is -1.42. The number of rotatable bonds is 3. The molecule has 0 unspecified atom stereocenters. The standard InChI is InChI=1S/C9H7NO5/c1-5-2-6(4-11)3-7(9(12)13)8(5)10(14)15/h2-4H,1H3,(H,12,13). The van der Waals surface area contributed by atoms with Gasteiger partial charge in [0.2, 0.25) is 0 Å². The maximum absolute atomic E-state index is 10.7. The van der Waals surface area contributed by atoms with Crippen LogP contribution in [0.5, 0.6) is 0 Å². The van der Waals surface area contributed by atoms with E-state index in [2.05, 4.69) is 0 Å². The molecule has 6 nitrogen and oxygen atoms in total. The zero-order valence-electron chi connectivity index (χ0n) is 7.76. The van der Waals surface area contributed by atoms with Gasteiger partial charge < -0.3 is 5.11 Å². The predicted octanol–water partition coefficient (Wildman–Crippen LogP) is 1.41. The van der Waals surface area contributed by atoms with Gasteiger partial charge in [-0.2, -0.15) is 0 Å². The molecular formula is C9H7NO5. The van der Waals surface area contributed by atoms with Crippen molar-refractivity contribution in [3.63, 3.8) is 0 Å². The molecule has 0 fully saturated rings. The van der Waals surface area contributed by atoms with E-state index in [4.69, 9.17) is 5.11 Å². The highest BCUT2D eigenvalue weighted by Crippen LogP contribution is 2.24. The molecule has 0 atom stereocenters. The second-order valence-electron chi connectivity index (χ2n) is 2.91. The highest BCUT2D eigenvalue weighted by atomic mass is 16.6. The Morgan fingerprint density at radius 3 is 2.53 bits per heavy atom. The molecule has 0 spiro atoms. The fourth-order valence-electron chi connectivity index (χ4n) is 1.28. The van der Waals surface area contributed by atoms with Crippen LogP contribution in [0.4, 0.5) is 5.69 Å². The van der Waals surface area contributed by atoms with Gasteiger partial charge in [0.1, 0.15) is 11.8 Å². The Hall–Kier alpha value is -2.24. The molecule has 0 saturated carbocycles. The molecule has 1 aromatic rings. The molecule has 0 saturated heterocycles. The number of carboxylic acid groups (broad SMARTS) is 1. The molecule has 0 heterocycles. The van der Waals surface area contributed by atoms with Crippen LogP contribution in [0.1, 0.15) is 26.3 Å². The lowest BCUT2D eigenvalue weighted by Crippen LogP contribution is -2.05. The second-order valence-corrected chi connectivity index (χ2v) is 2.91. The quantitative estimate of drug-likeness (QED) is 0.461. The van der Waals surface area contributed by atoms with Gasteiger partial charge in [0, 0.05) is 11.1 Å². The largest absolute Gasteiger partial charge is 0.477 e. The second kappa shape index (κ2) is 3.87. The number of nitrogens with zero attached hydrogens (tertiary/aromatic N) is 1. The van der Waals surface area contributed by atoms with Crippen molar-refractivity contribution in [3.8, 4) is 0 Å². The molecule has 0 aliphatic rings. The van der Waals surface area contributed by atoms with Crippen LogP contribution in [0.15, 0.2) is 12.1 Å². The summed E-state index contributed by atoms with van der Waals surface area (Å²) in [6, 6.07) is 2.26. The van der Waals surface area contributed by atoms with E-state index in [1.165, 1.54) is 13.0 Å². The van der Waals surface area contributed by atoms with Gasteiger partial charge in [0.15, 0.2) is 0 Å². The third-order valence-corrected chi connectivity index (χ3v) is 1.87. The number of nitro groups is 1. The number of carbonyl (C=O) groups excluding carboxylic acids is 1. The van der Waals surface area contributed by atoms with Gasteiger partial charge in [-0.15, -0.1) is 0 Å². The van der Waals surface area contributed by atoms with E-state index < -0.39 is 22.1 Å². The van der Waals surface area contributed by atoms with Crippen LogP contribution >= 0.6 is 0 Å². The van der Waals surface area contributed by atoms with Crippen molar-refractivity contribution in [2.24, 2.45) is 0 Å². The Labute approximate surface area is 84.3 Å². The van der Waals surface area contributed by atoms with Crippen molar-refractivity contribution < 1.29 is 19.6 Å². The van der Waals surface area contributed by atoms with E-state index in [9.17, 15) is 19.7 Å². The summed E-state index contributed by atoms with van der Waals surface area (Å²) in [6.45, 7) is 1.39. The van der Waals surface area contributed by atoms with Gasteiger partial charge in [0.25, 0.3) is 5.69 Å². The maximum Gasteiger partial charge on any atom is 0.342 e. The number of aldehydes is 1. The molecule has 1 rings (SSSR count). The summed E-state index contributed by atoms with van der Waals surface area (Å²) in [5.41, 5.74) is -0.687. The lowest BCUT2D eigenvalue weighted by Gasteiger charge is -2.02. The summed E-state index contributed by atoms with van der Waals surface area (Å²) in [6.07, 6.45) is 0.448.